The minimum Gasteiger partial charge on any atom is -0.508 e. The van der Waals surface area contributed by atoms with Crippen molar-refractivity contribution >= 4 is 0 Å². The van der Waals surface area contributed by atoms with Crippen molar-refractivity contribution in [3.63, 3.8) is 0 Å². The molecule has 0 aliphatic carbocycles. The fraction of sp³-hybridized carbons (Fsp3) is 0.222. The average molecular weight is 308 g/mol. The maximum atomic E-state index is 9.43. The van der Waals surface area contributed by atoms with Crippen molar-refractivity contribution in [2.45, 2.75) is 26.3 Å². The van der Waals surface area contributed by atoms with Gasteiger partial charge >= 0.3 is 0 Å². The summed E-state index contributed by atoms with van der Waals surface area (Å²) in [7, 11) is 0. The van der Waals surface area contributed by atoms with Gasteiger partial charge in [-0.2, -0.15) is 0 Å². The summed E-state index contributed by atoms with van der Waals surface area (Å²) >= 11 is 0. The van der Waals surface area contributed by atoms with Crippen LogP contribution in [-0.4, -0.2) is 20.1 Å². The van der Waals surface area contributed by atoms with E-state index in [4.69, 9.17) is 5.73 Å². The number of rotatable bonds is 5. The van der Waals surface area contributed by atoms with Crippen molar-refractivity contribution in [2.24, 2.45) is 5.73 Å². The number of hydrogen-bond donors (Lipinski definition) is 2. The molecule has 0 aliphatic heterocycles. The number of aromatic nitrogens is 3. The van der Waals surface area contributed by atoms with Gasteiger partial charge in [0.2, 0.25) is 0 Å². The molecule has 0 amide bonds. The molecule has 118 valence electrons. The van der Waals surface area contributed by atoms with E-state index in [9.17, 15) is 5.11 Å². The van der Waals surface area contributed by atoms with E-state index in [0.717, 1.165) is 29.9 Å². The van der Waals surface area contributed by atoms with Gasteiger partial charge in [0, 0.05) is 6.54 Å². The Morgan fingerprint density at radius 1 is 1.00 bits per heavy atom. The summed E-state index contributed by atoms with van der Waals surface area (Å²) in [5.41, 5.74) is 11.0. The zero-order chi connectivity index (χ0) is 16.2. The molecule has 0 radical (unpaired) electrons. The molecule has 3 aromatic rings. The summed E-state index contributed by atoms with van der Waals surface area (Å²) in [4.78, 5) is 0. The van der Waals surface area contributed by atoms with Gasteiger partial charge in [0.25, 0.3) is 0 Å². The fourth-order valence-electron chi connectivity index (χ4n) is 2.56. The highest BCUT2D eigenvalue weighted by molar-refractivity contribution is 5.38. The molecule has 5 heteroatoms. The van der Waals surface area contributed by atoms with Crippen molar-refractivity contribution in [2.75, 3.05) is 0 Å². The van der Waals surface area contributed by atoms with Crippen LogP contribution >= 0.6 is 0 Å². The number of aryl methyl sites for hydroxylation is 2. The first-order chi connectivity index (χ1) is 11.2. The van der Waals surface area contributed by atoms with Gasteiger partial charge in [-0.05, 0) is 49.6 Å². The Labute approximate surface area is 135 Å². The van der Waals surface area contributed by atoms with Crippen molar-refractivity contribution < 1.29 is 5.11 Å². The number of phenols is 1. The normalized spacial score (nSPS) is 10.9. The maximum absolute atomic E-state index is 9.43. The highest BCUT2D eigenvalue weighted by Gasteiger charge is 2.13. The minimum atomic E-state index is 0.231. The van der Waals surface area contributed by atoms with Gasteiger partial charge in [-0.15, -0.1) is 5.10 Å². The first-order valence-electron chi connectivity index (χ1n) is 7.66. The Kier molecular flexibility index (Phi) is 4.39. The summed E-state index contributed by atoms with van der Waals surface area (Å²) in [6.07, 6.45) is 1.71. The molecule has 2 aromatic carbocycles. The van der Waals surface area contributed by atoms with Crippen LogP contribution in [0, 0.1) is 6.92 Å². The van der Waals surface area contributed by atoms with Gasteiger partial charge in [-0.25, -0.2) is 4.68 Å². The first kappa shape index (κ1) is 15.2. The lowest BCUT2D eigenvalue weighted by molar-refractivity contribution is 0.475. The summed E-state index contributed by atoms with van der Waals surface area (Å²) in [5.74, 6) is 0.231. The second-order valence-corrected chi connectivity index (χ2v) is 5.60. The second kappa shape index (κ2) is 6.62. The van der Waals surface area contributed by atoms with Crippen molar-refractivity contribution in [3.05, 3.63) is 71.0 Å². The third-order valence-corrected chi connectivity index (χ3v) is 3.90. The molecule has 1 aromatic heterocycles. The van der Waals surface area contributed by atoms with Gasteiger partial charge in [0.05, 0.1) is 17.1 Å². The van der Waals surface area contributed by atoms with Crippen molar-refractivity contribution in [1.29, 1.82) is 0 Å². The van der Waals surface area contributed by atoms with Gasteiger partial charge in [-0.1, -0.05) is 35.0 Å². The molecule has 3 rings (SSSR count). The molecule has 23 heavy (non-hydrogen) atoms. The molecule has 0 unspecified atom stereocenters. The summed E-state index contributed by atoms with van der Waals surface area (Å²) < 4.78 is 1.80. The molecule has 0 bridgehead atoms. The van der Waals surface area contributed by atoms with Crippen molar-refractivity contribution in [1.82, 2.24) is 15.0 Å². The SMILES string of the molecule is Cc1ccc(CCc2c(CN)nnn2-c2ccc(O)cc2)cc1. The Morgan fingerprint density at radius 2 is 1.70 bits per heavy atom. The van der Waals surface area contributed by atoms with Crippen LogP contribution in [0.15, 0.2) is 48.5 Å². The summed E-state index contributed by atoms with van der Waals surface area (Å²) in [6.45, 7) is 2.45. The van der Waals surface area contributed by atoms with Crippen LogP contribution in [0.5, 0.6) is 5.75 Å². The van der Waals surface area contributed by atoms with Crippen LogP contribution in [0.25, 0.3) is 5.69 Å². The van der Waals surface area contributed by atoms with Crippen LogP contribution in [0.4, 0.5) is 0 Å². The molecule has 1 heterocycles. The molecule has 0 atom stereocenters. The molecule has 0 fully saturated rings. The number of nitrogens with zero attached hydrogens (tertiary/aromatic N) is 3. The van der Waals surface area contributed by atoms with Crippen molar-refractivity contribution in [3.8, 4) is 11.4 Å². The number of benzene rings is 2. The van der Waals surface area contributed by atoms with Gasteiger partial charge in [0.1, 0.15) is 5.75 Å². The van der Waals surface area contributed by atoms with Crippen LogP contribution in [0.2, 0.25) is 0 Å². The van der Waals surface area contributed by atoms with E-state index in [-0.39, 0.29) is 5.75 Å². The fourth-order valence-corrected chi connectivity index (χ4v) is 2.56. The first-order valence-corrected chi connectivity index (χ1v) is 7.66. The third-order valence-electron chi connectivity index (χ3n) is 3.90. The molecule has 3 N–H and O–H groups in total. The van der Waals surface area contributed by atoms with Gasteiger partial charge in [-0.3, -0.25) is 0 Å². The number of phenolic OH excluding ortho intramolecular Hbond substituents is 1. The van der Waals surface area contributed by atoms with E-state index in [1.165, 1.54) is 11.1 Å². The quantitative estimate of drug-likeness (QED) is 0.759. The van der Waals surface area contributed by atoms with E-state index in [2.05, 4.69) is 41.5 Å². The van der Waals surface area contributed by atoms with E-state index < -0.39 is 0 Å². The third kappa shape index (κ3) is 3.40. The minimum absolute atomic E-state index is 0.231. The number of hydrogen-bond acceptors (Lipinski definition) is 4. The zero-order valence-corrected chi connectivity index (χ0v) is 13.1. The molecule has 0 saturated heterocycles. The highest BCUT2D eigenvalue weighted by Crippen LogP contribution is 2.18. The maximum Gasteiger partial charge on any atom is 0.115 e. The number of aromatic hydroxyl groups is 1. The van der Waals surface area contributed by atoms with Crippen LogP contribution in [-0.2, 0) is 19.4 Å². The molecular weight excluding hydrogens is 288 g/mol. The largest absolute Gasteiger partial charge is 0.508 e. The predicted molar refractivity (Wildman–Crippen MR) is 89.5 cm³/mol. The Morgan fingerprint density at radius 3 is 2.35 bits per heavy atom. The topological polar surface area (TPSA) is 77.0 Å². The molecule has 0 aliphatic rings. The zero-order valence-electron chi connectivity index (χ0n) is 13.1. The lowest BCUT2D eigenvalue weighted by Crippen LogP contribution is -2.07. The lowest BCUT2D eigenvalue weighted by Gasteiger charge is -2.08. The monoisotopic (exact) mass is 308 g/mol. The highest BCUT2D eigenvalue weighted by atomic mass is 16.3. The average Bonchev–Trinajstić information content (AvgIpc) is 2.98. The van der Waals surface area contributed by atoms with Crippen LogP contribution in [0.3, 0.4) is 0 Å². The lowest BCUT2D eigenvalue weighted by atomic mass is 10.1. The second-order valence-electron chi connectivity index (χ2n) is 5.60. The predicted octanol–water partition coefficient (Wildman–Crippen LogP) is 2.53. The molecule has 0 spiro atoms. The van der Waals surface area contributed by atoms with E-state index in [0.29, 0.717) is 6.54 Å². The van der Waals surface area contributed by atoms with E-state index >= 15 is 0 Å². The van der Waals surface area contributed by atoms with E-state index in [1.807, 2.05) is 12.1 Å². The Hall–Kier alpha value is -2.66. The van der Waals surface area contributed by atoms with Gasteiger partial charge < -0.3 is 10.8 Å². The van der Waals surface area contributed by atoms with Crippen LogP contribution in [0.1, 0.15) is 22.5 Å². The standard InChI is InChI=1S/C18H20N4O/c1-13-2-4-14(5-3-13)6-11-18-17(12-19)20-21-22(18)15-7-9-16(23)10-8-15/h2-5,7-10,23H,6,11-12,19H2,1H3. The Bertz CT molecular complexity index is 776. The number of nitrogens with two attached hydrogens (primary N) is 1. The summed E-state index contributed by atoms with van der Waals surface area (Å²) in [5, 5.41) is 17.8. The molecule has 5 nitrogen and oxygen atoms in total. The van der Waals surface area contributed by atoms with Crippen LogP contribution < -0.4 is 5.73 Å². The van der Waals surface area contributed by atoms with Gasteiger partial charge in [0.15, 0.2) is 0 Å². The Balaban J connectivity index is 1.86. The molecular formula is C18H20N4O. The van der Waals surface area contributed by atoms with E-state index in [1.54, 1.807) is 16.8 Å². The smallest absolute Gasteiger partial charge is 0.115 e. The molecule has 0 saturated carbocycles. The summed E-state index contributed by atoms with van der Waals surface area (Å²) in [6, 6.07) is 15.5.